The van der Waals surface area contributed by atoms with E-state index in [1.165, 1.54) is 17.0 Å². The van der Waals surface area contributed by atoms with Gasteiger partial charge in [-0.2, -0.15) is 22.0 Å². The summed E-state index contributed by atoms with van der Waals surface area (Å²) in [5, 5.41) is 0. The smallest absolute Gasteiger partial charge is 0.326 e. The third kappa shape index (κ3) is 1.61. The molecule has 2 aliphatic heterocycles. The zero-order chi connectivity index (χ0) is 15.9. The second kappa shape index (κ2) is 3.98. The summed E-state index contributed by atoms with van der Waals surface area (Å²) in [6, 6.07) is 1.15. The van der Waals surface area contributed by atoms with Crippen LogP contribution in [0.1, 0.15) is 16.8 Å². The van der Waals surface area contributed by atoms with Crippen molar-refractivity contribution < 1.29 is 26.7 Å². The summed E-state index contributed by atoms with van der Waals surface area (Å²) in [6.07, 6.45) is -5.32. The van der Waals surface area contributed by atoms with Crippen LogP contribution in [0.15, 0.2) is 30.3 Å². The Morgan fingerprint density at radius 2 is 1.77 bits per heavy atom. The summed E-state index contributed by atoms with van der Waals surface area (Å²) in [4.78, 5) is 12.8. The van der Waals surface area contributed by atoms with E-state index >= 15 is 0 Å². The molecule has 2 heterocycles. The lowest BCUT2D eigenvalue weighted by atomic mass is 10.1. The topological polar surface area (TPSA) is 23.3 Å². The van der Waals surface area contributed by atoms with Gasteiger partial charge >= 0.3 is 12.3 Å². The first-order valence-electron chi connectivity index (χ1n) is 6.86. The Morgan fingerprint density at radius 3 is 2.36 bits per heavy atom. The maximum absolute atomic E-state index is 14.0. The number of nitrogens with zero attached hydrogens (tertiary/aromatic N) is 2. The lowest BCUT2D eigenvalue weighted by molar-refractivity contribution is -0.339. The average Bonchev–Trinajstić information content (AvgIpc) is 2.96. The highest BCUT2D eigenvalue weighted by Gasteiger charge is 2.81. The number of likely N-dealkylation sites (tertiary alicyclic amines) is 2. The largest absolute Gasteiger partial charge is 0.464 e. The molecule has 3 aliphatic rings. The van der Waals surface area contributed by atoms with Crippen LogP contribution >= 0.6 is 0 Å². The fraction of sp³-hybridized carbons (Fsp3) is 0.500. The molecule has 2 bridgehead atoms. The summed E-state index contributed by atoms with van der Waals surface area (Å²) in [7, 11) is 0. The lowest BCUT2D eigenvalue weighted by Gasteiger charge is -2.33. The van der Waals surface area contributed by atoms with E-state index in [4.69, 9.17) is 0 Å². The number of piperidine rings is 2. The molecule has 3 fully saturated rings. The minimum absolute atomic E-state index is 0.222. The maximum Gasteiger partial charge on any atom is 0.464 e. The maximum atomic E-state index is 14.0. The molecule has 1 aliphatic carbocycles. The van der Waals surface area contributed by atoms with Crippen molar-refractivity contribution in [1.29, 1.82) is 0 Å². The van der Waals surface area contributed by atoms with Crippen molar-refractivity contribution in [2.45, 2.75) is 36.9 Å². The van der Waals surface area contributed by atoms with Gasteiger partial charge in [-0.3, -0.25) is 4.79 Å². The Labute approximate surface area is 122 Å². The summed E-state index contributed by atoms with van der Waals surface area (Å²) in [6.45, 7) is 0. The van der Waals surface area contributed by atoms with Crippen molar-refractivity contribution in [3.05, 3.63) is 35.9 Å². The number of fused-ring (bicyclic) bond motifs is 5. The van der Waals surface area contributed by atoms with Gasteiger partial charge in [0.15, 0.2) is 0 Å². The van der Waals surface area contributed by atoms with Crippen molar-refractivity contribution in [2.24, 2.45) is 5.92 Å². The number of rotatable bonds is 1. The van der Waals surface area contributed by atoms with Crippen molar-refractivity contribution in [1.82, 2.24) is 9.80 Å². The molecule has 0 aromatic heterocycles. The Hall–Kier alpha value is -1.70. The molecule has 118 valence electrons. The monoisotopic (exact) mass is 318 g/mol. The van der Waals surface area contributed by atoms with Crippen molar-refractivity contribution in [3.8, 4) is 0 Å². The molecule has 0 radical (unpaired) electrons. The van der Waals surface area contributed by atoms with Crippen LogP contribution in [0, 0.1) is 5.92 Å². The van der Waals surface area contributed by atoms with Gasteiger partial charge < -0.3 is 4.90 Å². The standard InChI is InChI=1S/C14H11F5N2O/c15-13(16)8-6-9(21(13)14(17,18)19)11-10(8)20(11)12(22)7-4-2-1-3-5-7/h1-5,8-11H,6H2. The fourth-order valence-electron chi connectivity index (χ4n) is 4.02. The van der Waals surface area contributed by atoms with Gasteiger partial charge in [0.2, 0.25) is 0 Å². The van der Waals surface area contributed by atoms with Gasteiger partial charge in [-0.15, -0.1) is 4.90 Å². The summed E-state index contributed by atoms with van der Waals surface area (Å²) in [5.74, 6) is -1.93. The average molecular weight is 318 g/mol. The normalized spacial score (nSPS) is 35.6. The molecule has 4 rings (SSSR count). The first-order chi connectivity index (χ1) is 10.2. The highest BCUT2D eigenvalue weighted by Crippen LogP contribution is 2.63. The molecule has 1 saturated carbocycles. The fourth-order valence-corrected chi connectivity index (χ4v) is 4.02. The Bertz CT molecular complexity index is 632. The molecule has 3 nitrogen and oxygen atoms in total. The molecule has 1 aromatic carbocycles. The van der Waals surface area contributed by atoms with E-state index in [0.717, 1.165) is 0 Å². The third-order valence-electron chi connectivity index (χ3n) is 4.83. The third-order valence-corrected chi connectivity index (χ3v) is 4.83. The quantitative estimate of drug-likeness (QED) is 0.451. The SMILES string of the molecule is O=C(c1ccccc1)N1C2C1C1CC2N(C(F)(F)F)C1(F)F. The summed E-state index contributed by atoms with van der Waals surface area (Å²) < 4.78 is 66.7. The predicted octanol–water partition coefficient (Wildman–Crippen LogP) is 2.70. The van der Waals surface area contributed by atoms with E-state index in [9.17, 15) is 26.7 Å². The number of benzene rings is 1. The molecule has 8 heteroatoms. The number of carbonyl (C=O) groups excluding carboxylic acids is 1. The van der Waals surface area contributed by atoms with Crippen molar-refractivity contribution in [3.63, 3.8) is 0 Å². The van der Waals surface area contributed by atoms with Crippen molar-refractivity contribution >= 4 is 5.91 Å². The first-order valence-corrected chi connectivity index (χ1v) is 6.86. The minimum atomic E-state index is -5.10. The molecule has 1 aromatic rings. The molecule has 0 N–H and O–H groups in total. The van der Waals surface area contributed by atoms with E-state index < -0.39 is 47.2 Å². The van der Waals surface area contributed by atoms with E-state index in [1.807, 2.05) is 0 Å². The predicted molar refractivity (Wildman–Crippen MR) is 64.9 cm³/mol. The molecular weight excluding hydrogens is 307 g/mol. The van der Waals surface area contributed by atoms with Gasteiger partial charge in [0.05, 0.1) is 18.0 Å². The van der Waals surface area contributed by atoms with Gasteiger partial charge in [-0.1, -0.05) is 18.2 Å². The molecule has 0 spiro atoms. The number of hydrogen-bond acceptors (Lipinski definition) is 2. The van der Waals surface area contributed by atoms with E-state index in [2.05, 4.69) is 0 Å². The van der Waals surface area contributed by atoms with Crippen LogP contribution in [0.2, 0.25) is 0 Å². The number of hydrogen-bond donors (Lipinski definition) is 0. The molecule has 22 heavy (non-hydrogen) atoms. The van der Waals surface area contributed by atoms with Gasteiger partial charge in [0.1, 0.15) is 0 Å². The van der Waals surface area contributed by atoms with Crippen LogP contribution < -0.4 is 0 Å². The Kier molecular flexibility index (Phi) is 2.52. The van der Waals surface area contributed by atoms with Gasteiger partial charge in [0.25, 0.3) is 5.91 Å². The Balaban J connectivity index is 1.63. The molecular formula is C14H11F5N2O. The first kappa shape index (κ1) is 13.9. The van der Waals surface area contributed by atoms with Crippen LogP contribution in [0.3, 0.4) is 0 Å². The molecule has 4 unspecified atom stereocenters. The summed E-state index contributed by atoms with van der Waals surface area (Å²) in [5.41, 5.74) is 0.304. The van der Waals surface area contributed by atoms with E-state index in [-0.39, 0.29) is 6.42 Å². The highest BCUT2D eigenvalue weighted by atomic mass is 19.4. The lowest BCUT2D eigenvalue weighted by Crippen LogP contribution is -2.56. The van der Waals surface area contributed by atoms with Gasteiger partial charge in [-0.25, -0.2) is 0 Å². The Morgan fingerprint density at radius 1 is 1.14 bits per heavy atom. The van der Waals surface area contributed by atoms with Crippen LogP contribution in [0.25, 0.3) is 0 Å². The minimum Gasteiger partial charge on any atom is -0.326 e. The van der Waals surface area contributed by atoms with E-state index in [1.54, 1.807) is 18.2 Å². The highest BCUT2D eigenvalue weighted by molar-refractivity contribution is 5.96. The van der Waals surface area contributed by atoms with Gasteiger partial charge in [-0.05, 0) is 18.6 Å². The molecule has 2 saturated heterocycles. The second-order valence-electron chi connectivity index (χ2n) is 5.89. The number of amides is 1. The molecule has 1 amide bonds. The second-order valence-corrected chi connectivity index (χ2v) is 5.89. The number of carbonyl (C=O) groups is 1. The zero-order valence-corrected chi connectivity index (χ0v) is 11.1. The molecule has 4 atom stereocenters. The van der Waals surface area contributed by atoms with Crippen LogP contribution in [0.5, 0.6) is 0 Å². The van der Waals surface area contributed by atoms with Crippen molar-refractivity contribution in [2.75, 3.05) is 0 Å². The van der Waals surface area contributed by atoms with E-state index in [0.29, 0.717) is 5.56 Å². The zero-order valence-electron chi connectivity index (χ0n) is 11.1. The summed E-state index contributed by atoms with van der Waals surface area (Å²) >= 11 is 0. The van der Waals surface area contributed by atoms with Crippen LogP contribution in [0.4, 0.5) is 22.0 Å². The van der Waals surface area contributed by atoms with Crippen LogP contribution in [-0.4, -0.2) is 46.2 Å². The number of alkyl halides is 5. The number of halogens is 5. The van der Waals surface area contributed by atoms with Gasteiger partial charge in [0, 0.05) is 11.6 Å². The van der Waals surface area contributed by atoms with Crippen LogP contribution in [-0.2, 0) is 0 Å².